The number of hydrogen-bond acceptors (Lipinski definition) is 5. The summed E-state index contributed by atoms with van der Waals surface area (Å²) in [7, 11) is 0. The number of nitrogens with one attached hydrogen (secondary N) is 1. The van der Waals surface area contributed by atoms with Gasteiger partial charge in [-0.25, -0.2) is 4.68 Å². The molecule has 0 atom stereocenters. The molecule has 0 unspecified atom stereocenters. The van der Waals surface area contributed by atoms with Crippen molar-refractivity contribution in [3.05, 3.63) is 58.6 Å². The van der Waals surface area contributed by atoms with E-state index in [1.165, 1.54) is 16.4 Å². The van der Waals surface area contributed by atoms with E-state index in [1.807, 2.05) is 44.2 Å². The first kappa shape index (κ1) is 18.3. The number of nitrogens with zero attached hydrogens (tertiary/aromatic N) is 3. The van der Waals surface area contributed by atoms with Crippen molar-refractivity contribution < 1.29 is 4.79 Å². The minimum absolute atomic E-state index is 0.162. The molecule has 26 heavy (non-hydrogen) atoms. The van der Waals surface area contributed by atoms with Crippen molar-refractivity contribution in [2.24, 2.45) is 0 Å². The van der Waals surface area contributed by atoms with Gasteiger partial charge in [0.1, 0.15) is 0 Å². The fourth-order valence-electron chi connectivity index (χ4n) is 2.44. The lowest BCUT2D eigenvalue weighted by molar-refractivity contribution is -0.113. The predicted molar refractivity (Wildman–Crippen MR) is 106 cm³/mol. The lowest BCUT2D eigenvalue weighted by Crippen LogP contribution is -2.17. The zero-order chi connectivity index (χ0) is 18.7. The average molecular weight is 388 g/mol. The van der Waals surface area contributed by atoms with Gasteiger partial charge in [-0.1, -0.05) is 53.7 Å². The first-order valence-corrected chi connectivity index (χ1v) is 9.28. The number of nitrogens with two attached hydrogens (primary N) is 1. The molecule has 0 aliphatic heterocycles. The summed E-state index contributed by atoms with van der Waals surface area (Å²) in [6, 6.07) is 13.2. The fraction of sp³-hybridized carbons (Fsp3) is 0.167. The lowest BCUT2D eigenvalue weighted by Gasteiger charge is -2.09. The van der Waals surface area contributed by atoms with Crippen LogP contribution in [0.2, 0.25) is 5.02 Å². The molecule has 8 heteroatoms. The number of aryl methyl sites for hydroxylation is 1. The highest BCUT2D eigenvalue weighted by Crippen LogP contribution is 2.25. The van der Waals surface area contributed by atoms with Gasteiger partial charge in [-0.3, -0.25) is 4.79 Å². The Bertz CT molecular complexity index is 957. The lowest BCUT2D eigenvalue weighted by atomic mass is 10.1. The molecule has 1 aromatic heterocycles. The van der Waals surface area contributed by atoms with E-state index < -0.39 is 0 Å². The van der Waals surface area contributed by atoms with Crippen LogP contribution in [-0.4, -0.2) is 26.5 Å². The summed E-state index contributed by atoms with van der Waals surface area (Å²) in [6.45, 7) is 3.84. The van der Waals surface area contributed by atoms with Gasteiger partial charge >= 0.3 is 0 Å². The number of carbonyl (C=O) groups excluding carboxylic acids is 1. The van der Waals surface area contributed by atoms with Crippen LogP contribution in [0, 0.1) is 13.8 Å². The van der Waals surface area contributed by atoms with Gasteiger partial charge in [0.25, 0.3) is 0 Å². The number of amides is 1. The molecule has 6 nitrogen and oxygen atoms in total. The molecule has 0 aliphatic rings. The number of carbonyl (C=O) groups is 1. The minimum atomic E-state index is -0.166. The fourth-order valence-corrected chi connectivity index (χ4v) is 3.27. The van der Waals surface area contributed by atoms with E-state index in [4.69, 9.17) is 17.4 Å². The van der Waals surface area contributed by atoms with Crippen molar-refractivity contribution in [3.63, 3.8) is 0 Å². The van der Waals surface area contributed by atoms with E-state index in [2.05, 4.69) is 15.5 Å². The number of halogens is 1. The number of hydrogen-bond donors (Lipinski definition) is 2. The molecular weight excluding hydrogens is 370 g/mol. The molecule has 0 saturated carbocycles. The van der Waals surface area contributed by atoms with Gasteiger partial charge < -0.3 is 11.2 Å². The summed E-state index contributed by atoms with van der Waals surface area (Å²) in [5, 5.41) is 12.2. The Labute approximate surface area is 160 Å². The topological polar surface area (TPSA) is 85.8 Å². The molecule has 0 radical (unpaired) electrons. The van der Waals surface area contributed by atoms with Crippen LogP contribution < -0.4 is 11.2 Å². The van der Waals surface area contributed by atoms with E-state index in [1.54, 1.807) is 12.1 Å². The summed E-state index contributed by atoms with van der Waals surface area (Å²) in [4.78, 5) is 12.2. The SMILES string of the molecule is Cc1ccccc1-c1nnc(SCC(=O)Nc2cccc(Cl)c2C)n1N. The van der Waals surface area contributed by atoms with Crippen LogP contribution in [0.4, 0.5) is 5.69 Å². The zero-order valence-corrected chi connectivity index (χ0v) is 15.9. The smallest absolute Gasteiger partial charge is 0.234 e. The number of nitrogen functional groups attached to an aromatic ring is 1. The van der Waals surface area contributed by atoms with E-state index in [0.717, 1.165) is 16.7 Å². The van der Waals surface area contributed by atoms with Gasteiger partial charge in [-0.15, -0.1) is 10.2 Å². The summed E-state index contributed by atoms with van der Waals surface area (Å²) in [5.74, 6) is 6.67. The van der Waals surface area contributed by atoms with E-state index in [0.29, 0.717) is 21.7 Å². The molecule has 0 spiro atoms. The van der Waals surface area contributed by atoms with E-state index in [-0.39, 0.29) is 11.7 Å². The van der Waals surface area contributed by atoms with E-state index >= 15 is 0 Å². The van der Waals surface area contributed by atoms with Gasteiger partial charge in [0.2, 0.25) is 11.1 Å². The van der Waals surface area contributed by atoms with Gasteiger partial charge in [0.05, 0.1) is 5.75 Å². The molecule has 1 heterocycles. The quantitative estimate of drug-likeness (QED) is 0.515. The van der Waals surface area contributed by atoms with Crippen molar-refractivity contribution in [3.8, 4) is 11.4 Å². The number of benzene rings is 2. The second-order valence-electron chi connectivity index (χ2n) is 5.74. The molecule has 3 aromatic rings. The molecule has 0 fully saturated rings. The molecule has 1 amide bonds. The molecule has 3 N–H and O–H groups in total. The van der Waals surface area contributed by atoms with Crippen molar-refractivity contribution in [1.29, 1.82) is 0 Å². The number of anilines is 1. The highest BCUT2D eigenvalue weighted by Gasteiger charge is 2.15. The summed E-state index contributed by atoms with van der Waals surface area (Å²) in [6.07, 6.45) is 0. The summed E-state index contributed by atoms with van der Waals surface area (Å²) < 4.78 is 1.41. The standard InChI is InChI=1S/C18H18ClN5OS/c1-11-6-3-4-7-13(11)17-22-23-18(24(17)20)26-10-16(25)21-15-9-5-8-14(19)12(15)2/h3-9H,10,20H2,1-2H3,(H,21,25). The highest BCUT2D eigenvalue weighted by atomic mass is 35.5. The van der Waals surface area contributed by atoms with Crippen LogP contribution >= 0.6 is 23.4 Å². The Balaban J connectivity index is 1.68. The minimum Gasteiger partial charge on any atom is -0.335 e. The van der Waals surface area contributed by atoms with Crippen LogP contribution in [0.15, 0.2) is 47.6 Å². The van der Waals surface area contributed by atoms with Crippen molar-refractivity contribution >= 4 is 35.0 Å². The van der Waals surface area contributed by atoms with Crippen LogP contribution in [0.5, 0.6) is 0 Å². The van der Waals surface area contributed by atoms with Crippen LogP contribution in [0.25, 0.3) is 11.4 Å². The maximum absolute atomic E-state index is 12.2. The third-order valence-corrected chi connectivity index (χ3v) is 5.28. The molecule has 0 bridgehead atoms. The van der Waals surface area contributed by atoms with E-state index in [9.17, 15) is 4.79 Å². The molecule has 3 rings (SSSR count). The maximum atomic E-state index is 12.2. The monoisotopic (exact) mass is 387 g/mol. The molecule has 134 valence electrons. The van der Waals surface area contributed by atoms with Gasteiger partial charge in [0, 0.05) is 16.3 Å². The molecule has 0 aliphatic carbocycles. The first-order valence-electron chi connectivity index (χ1n) is 7.91. The average Bonchev–Trinajstić information content (AvgIpc) is 2.98. The van der Waals surface area contributed by atoms with Crippen molar-refractivity contribution in [1.82, 2.24) is 14.9 Å². The number of thioether (sulfide) groups is 1. The Hall–Kier alpha value is -2.51. The summed E-state index contributed by atoms with van der Waals surface area (Å²) >= 11 is 7.30. The first-order chi connectivity index (χ1) is 12.5. The second kappa shape index (κ2) is 7.80. The molecular formula is C18H18ClN5OS. The number of aromatic nitrogens is 3. The number of rotatable bonds is 5. The third-order valence-electron chi connectivity index (χ3n) is 3.92. The highest BCUT2D eigenvalue weighted by molar-refractivity contribution is 7.99. The normalized spacial score (nSPS) is 10.7. The Kier molecular flexibility index (Phi) is 5.49. The van der Waals surface area contributed by atoms with Crippen molar-refractivity contribution in [2.45, 2.75) is 19.0 Å². The van der Waals surface area contributed by atoms with Gasteiger partial charge in [0.15, 0.2) is 5.82 Å². The van der Waals surface area contributed by atoms with Crippen LogP contribution in [0.1, 0.15) is 11.1 Å². The Morgan fingerprint density at radius 2 is 1.96 bits per heavy atom. The molecule has 0 saturated heterocycles. The van der Waals surface area contributed by atoms with Gasteiger partial charge in [-0.05, 0) is 37.1 Å². The summed E-state index contributed by atoms with van der Waals surface area (Å²) in [5.41, 5.74) is 3.49. The third kappa shape index (κ3) is 3.84. The van der Waals surface area contributed by atoms with Gasteiger partial charge in [-0.2, -0.15) is 0 Å². The Morgan fingerprint density at radius 1 is 1.19 bits per heavy atom. The zero-order valence-electron chi connectivity index (χ0n) is 14.4. The van der Waals surface area contributed by atoms with Crippen LogP contribution in [-0.2, 0) is 4.79 Å². The van der Waals surface area contributed by atoms with Crippen LogP contribution in [0.3, 0.4) is 0 Å². The second-order valence-corrected chi connectivity index (χ2v) is 7.09. The maximum Gasteiger partial charge on any atom is 0.234 e. The van der Waals surface area contributed by atoms with Crippen molar-refractivity contribution in [2.75, 3.05) is 16.9 Å². The Morgan fingerprint density at radius 3 is 2.73 bits per heavy atom. The largest absolute Gasteiger partial charge is 0.335 e. The molecule has 2 aromatic carbocycles. The predicted octanol–water partition coefficient (Wildman–Crippen LogP) is 3.66.